The molecule has 0 fully saturated rings. The van der Waals surface area contributed by atoms with Crippen LogP contribution in [-0.2, 0) is 0 Å². The largest absolute Gasteiger partial charge is 0.491 e. The lowest BCUT2D eigenvalue weighted by atomic mass is 10.2. The first-order valence-corrected chi connectivity index (χ1v) is 8.85. The highest BCUT2D eigenvalue weighted by molar-refractivity contribution is 9.13. The Labute approximate surface area is 145 Å². The molecule has 0 bridgehead atoms. The van der Waals surface area contributed by atoms with Crippen LogP contribution in [0.5, 0.6) is 5.75 Å². The number of carbonyl (C=O) groups is 1. The highest BCUT2D eigenvalue weighted by Crippen LogP contribution is 2.33. The van der Waals surface area contributed by atoms with Crippen LogP contribution in [0.15, 0.2) is 38.6 Å². The Hall–Kier alpha value is -0.850. The van der Waals surface area contributed by atoms with E-state index in [1.165, 1.54) is 11.3 Å². The van der Waals surface area contributed by atoms with Gasteiger partial charge in [-0.05, 0) is 56.0 Å². The van der Waals surface area contributed by atoms with E-state index in [2.05, 4.69) is 51.0 Å². The van der Waals surface area contributed by atoms with Gasteiger partial charge in [-0.2, -0.15) is 0 Å². The number of carbonyl (C=O) groups excluding carboxylic acids is 1. The summed E-state index contributed by atoms with van der Waals surface area (Å²) >= 11 is 8.16. The van der Waals surface area contributed by atoms with Gasteiger partial charge in [0.05, 0.1) is 21.0 Å². The molecule has 21 heavy (non-hydrogen) atoms. The maximum absolute atomic E-state index is 12.3. The number of amides is 1. The van der Waals surface area contributed by atoms with Crippen molar-refractivity contribution < 1.29 is 9.53 Å². The number of hydrogen-bond acceptors (Lipinski definition) is 3. The lowest BCUT2D eigenvalue weighted by molar-refractivity contribution is 0.103. The van der Waals surface area contributed by atoms with Gasteiger partial charge < -0.3 is 10.1 Å². The van der Waals surface area contributed by atoms with Crippen LogP contribution in [0.25, 0.3) is 0 Å². The fraction of sp³-hybridized carbons (Fsp3) is 0.267. The zero-order valence-electron chi connectivity index (χ0n) is 11.7. The summed E-state index contributed by atoms with van der Waals surface area (Å²) in [5, 5.41) is 2.90. The van der Waals surface area contributed by atoms with Crippen molar-refractivity contribution in [2.24, 2.45) is 5.92 Å². The van der Waals surface area contributed by atoms with E-state index in [1.54, 1.807) is 6.07 Å². The van der Waals surface area contributed by atoms with Crippen molar-refractivity contribution in [2.45, 2.75) is 13.8 Å². The Morgan fingerprint density at radius 1 is 1.33 bits per heavy atom. The van der Waals surface area contributed by atoms with Crippen molar-refractivity contribution in [3.63, 3.8) is 0 Å². The first-order chi connectivity index (χ1) is 9.97. The standard InChI is InChI=1S/C15H15Br2NO2S/c1-9(2)8-20-12-6-4-3-5-11(12)18-15(19)13-7-10(16)14(17)21-13/h3-7,9H,8H2,1-2H3,(H,18,19). The summed E-state index contributed by atoms with van der Waals surface area (Å²) in [5.41, 5.74) is 0.684. The second-order valence-electron chi connectivity index (χ2n) is 4.89. The molecule has 0 aliphatic heterocycles. The maximum atomic E-state index is 12.3. The minimum Gasteiger partial charge on any atom is -0.491 e. The molecule has 2 rings (SSSR count). The van der Waals surface area contributed by atoms with Crippen molar-refractivity contribution in [3.05, 3.63) is 43.5 Å². The summed E-state index contributed by atoms with van der Waals surface area (Å²) in [6.45, 7) is 4.78. The molecule has 0 atom stereocenters. The number of thiophene rings is 1. The van der Waals surface area contributed by atoms with Gasteiger partial charge in [0, 0.05) is 4.47 Å². The van der Waals surface area contributed by atoms with Crippen LogP contribution in [0, 0.1) is 5.92 Å². The molecular weight excluding hydrogens is 418 g/mol. The predicted octanol–water partition coefficient (Wildman–Crippen LogP) is 5.56. The average molecular weight is 433 g/mol. The molecule has 0 aliphatic rings. The number of halogens is 2. The maximum Gasteiger partial charge on any atom is 0.265 e. The van der Waals surface area contributed by atoms with Gasteiger partial charge in [0.25, 0.3) is 5.91 Å². The first kappa shape index (κ1) is 16.5. The van der Waals surface area contributed by atoms with E-state index < -0.39 is 0 Å². The minimum absolute atomic E-state index is 0.146. The summed E-state index contributed by atoms with van der Waals surface area (Å²) in [7, 11) is 0. The average Bonchev–Trinajstić information content (AvgIpc) is 2.78. The molecule has 0 unspecified atom stereocenters. The zero-order chi connectivity index (χ0) is 15.4. The van der Waals surface area contributed by atoms with Crippen LogP contribution in [-0.4, -0.2) is 12.5 Å². The molecule has 1 heterocycles. The van der Waals surface area contributed by atoms with E-state index in [-0.39, 0.29) is 5.91 Å². The molecule has 1 N–H and O–H groups in total. The van der Waals surface area contributed by atoms with Gasteiger partial charge in [0.2, 0.25) is 0 Å². The molecule has 6 heteroatoms. The van der Waals surface area contributed by atoms with E-state index >= 15 is 0 Å². The van der Waals surface area contributed by atoms with Gasteiger partial charge in [0.15, 0.2) is 0 Å². The molecule has 0 spiro atoms. The molecule has 112 valence electrons. The lowest BCUT2D eigenvalue weighted by Crippen LogP contribution is -2.12. The molecule has 1 aromatic heterocycles. The lowest BCUT2D eigenvalue weighted by Gasteiger charge is -2.13. The molecule has 0 aliphatic carbocycles. The highest BCUT2D eigenvalue weighted by Gasteiger charge is 2.14. The number of para-hydroxylation sites is 2. The van der Waals surface area contributed by atoms with Crippen molar-refractivity contribution >= 4 is 54.8 Å². The Bertz CT molecular complexity index is 621. The zero-order valence-corrected chi connectivity index (χ0v) is 15.6. The third kappa shape index (κ3) is 4.56. The van der Waals surface area contributed by atoms with Crippen molar-refractivity contribution in [2.75, 3.05) is 11.9 Å². The second-order valence-corrected chi connectivity index (χ2v) is 8.11. The third-order valence-corrected chi connectivity index (χ3v) is 5.83. The first-order valence-electron chi connectivity index (χ1n) is 6.45. The van der Waals surface area contributed by atoms with Crippen LogP contribution < -0.4 is 10.1 Å². The van der Waals surface area contributed by atoms with Gasteiger partial charge in [-0.1, -0.05) is 26.0 Å². The third-order valence-electron chi connectivity index (χ3n) is 2.58. The fourth-order valence-corrected chi connectivity index (χ4v) is 3.53. The number of ether oxygens (including phenoxy) is 1. The van der Waals surface area contributed by atoms with E-state index in [4.69, 9.17) is 4.74 Å². The molecule has 3 nitrogen and oxygen atoms in total. The fourth-order valence-electron chi connectivity index (χ4n) is 1.59. The highest BCUT2D eigenvalue weighted by atomic mass is 79.9. The number of rotatable bonds is 5. The van der Waals surface area contributed by atoms with Crippen molar-refractivity contribution in [1.82, 2.24) is 0 Å². The number of benzene rings is 1. The number of nitrogens with one attached hydrogen (secondary N) is 1. The predicted molar refractivity (Wildman–Crippen MR) is 94.4 cm³/mol. The van der Waals surface area contributed by atoms with Gasteiger partial charge >= 0.3 is 0 Å². The van der Waals surface area contributed by atoms with Crippen LogP contribution in [0.2, 0.25) is 0 Å². The smallest absolute Gasteiger partial charge is 0.265 e. The number of hydrogen-bond donors (Lipinski definition) is 1. The molecular formula is C15H15Br2NO2S. The summed E-state index contributed by atoms with van der Waals surface area (Å²) < 4.78 is 7.51. The molecule has 0 radical (unpaired) electrons. The molecule has 2 aromatic rings. The topological polar surface area (TPSA) is 38.3 Å². The Morgan fingerprint density at radius 3 is 2.67 bits per heavy atom. The quantitative estimate of drug-likeness (QED) is 0.671. The Morgan fingerprint density at radius 2 is 2.05 bits per heavy atom. The van der Waals surface area contributed by atoms with Gasteiger partial charge in [-0.3, -0.25) is 4.79 Å². The Kier molecular flexibility index (Phi) is 5.84. The van der Waals surface area contributed by atoms with E-state index in [1.807, 2.05) is 24.3 Å². The molecule has 0 saturated carbocycles. The molecule has 1 aromatic carbocycles. The van der Waals surface area contributed by atoms with E-state index in [0.29, 0.717) is 28.8 Å². The summed E-state index contributed by atoms with van der Waals surface area (Å²) in [4.78, 5) is 12.9. The number of anilines is 1. The van der Waals surface area contributed by atoms with E-state index in [0.717, 1.165) is 8.26 Å². The minimum atomic E-state index is -0.146. The van der Waals surface area contributed by atoms with Crippen LogP contribution in [0.4, 0.5) is 5.69 Å². The van der Waals surface area contributed by atoms with Gasteiger partial charge in [-0.25, -0.2) is 0 Å². The van der Waals surface area contributed by atoms with E-state index in [9.17, 15) is 4.79 Å². The monoisotopic (exact) mass is 431 g/mol. The summed E-state index contributed by atoms with van der Waals surface area (Å²) in [6, 6.07) is 9.26. The van der Waals surface area contributed by atoms with Crippen LogP contribution in [0.1, 0.15) is 23.5 Å². The second kappa shape index (κ2) is 7.42. The SMILES string of the molecule is CC(C)COc1ccccc1NC(=O)c1cc(Br)c(Br)s1. The summed E-state index contributed by atoms with van der Waals surface area (Å²) in [5.74, 6) is 0.971. The van der Waals surface area contributed by atoms with Gasteiger partial charge in [0.1, 0.15) is 5.75 Å². The van der Waals surface area contributed by atoms with Crippen molar-refractivity contribution in [3.8, 4) is 5.75 Å². The van der Waals surface area contributed by atoms with Crippen LogP contribution in [0.3, 0.4) is 0 Å². The van der Waals surface area contributed by atoms with Gasteiger partial charge in [-0.15, -0.1) is 11.3 Å². The summed E-state index contributed by atoms with van der Waals surface area (Å²) in [6.07, 6.45) is 0. The molecule has 0 saturated heterocycles. The Balaban J connectivity index is 2.13. The van der Waals surface area contributed by atoms with Crippen molar-refractivity contribution in [1.29, 1.82) is 0 Å². The normalized spacial score (nSPS) is 10.7. The van der Waals surface area contributed by atoms with Crippen LogP contribution >= 0.6 is 43.2 Å². The molecule has 1 amide bonds.